The molecule has 0 bridgehead atoms. The van der Waals surface area contributed by atoms with E-state index in [-0.39, 0.29) is 19.1 Å². The molecule has 122 valence electrons. The Hall–Kier alpha value is -2.12. The molecular weight excluding hydrogens is 301 g/mol. The Morgan fingerprint density at radius 2 is 1.82 bits per heavy atom. The maximum absolute atomic E-state index is 12.4. The lowest BCUT2D eigenvalue weighted by Gasteiger charge is -2.19. The van der Waals surface area contributed by atoms with E-state index in [1.807, 2.05) is 0 Å². The zero-order chi connectivity index (χ0) is 16.3. The van der Waals surface area contributed by atoms with E-state index in [0.717, 1.165) is 4.90 Å². The van der Waals surface area contributed by atoms with Gasteiger partial charge in [0, 0.05) is 43.0 Å². The molecule has 1 N–H and O–H groups in total. The molecule has 2 rings (SSSR count). The largest absolute Gasteiger partial charge is 0.497 e. The summed E-state index contributed by atoms with van der Waals surface area (Å²) >= 11 is 0. The van der Waals surface area contributed by atoms with Crippen molar-refractivity contribution in [3.05, 3.63) is 18.2 Å². The van der Waals surface area contributed by atoms with Gasteiger partial charge in [0.15, 0.2) is 0 Å². The second-order valence-corrected chi connectivity index (χ2v) is 4.98. The first kappa shape index (κ1) is 16.3. The zero-order valence-electron chi connectivity index (χ0n) is 12.2. The van der Waals surface area contributed by atoms with E-state index in [9.17, 15) is 18.0 Å². The number of anilines is 1. The Labute approximate surface area is 126 Å². The smallest absolute Gasteiger partial charge is 0.471 e. The van der Waals surface area contributed by atoms with E-state index < -0.39 is 12.1 Å². The number of hydrogen-bond donors (Lipinski definition) is 1. The highest BCUT2D eigenvalue weighted by molar-refractivity contribution is 5.82. The number of nitrogens with one attached hydrogen (secondary N) is 1. The van der Waals surface area contributed by atoms with E-state index in [4.69, 9.17) is 9.47 Å². The fourth-order valence-corrected chi connectivity index (χ4v) is 2.37. The number of halogens is 3. The minimum atomic E-state index is -4.83. The zero-order valence-corrected chi connectivity index (χ0v) is 12.2. The van der Waals surface area contributed by atoms with Crippen molar-refractivity contribution in [2.75, 3.05) is 32.6 Å². The van der Waals surface area contributed by atoms with E-state index >= 15 is 0 Å². The number of carbonyl (C=O) groups is 1. The highest BCUT2D eigenvalue weighted by Gasteiger charge is 2.44. The minimum Gasteiger partial charge on any atom is -0.497 e. The second-order valence-electron chi connectivity index (χ2n) is 4.98. The third-order valence-corrected chi connectivity index (χ3v) is 3.44. The van der Waals surface area contributed by atoms with Gasteiger partial charge in [0.2, 0.25) is 0 Å². The fourth-order valence-electron chi connectivity index (χ4n) is 2.37. The van der Waals surface area contributed by atoms with Gasteiger partial charge in [0.25, 0.3) is 0 Å². The average molecular weight is 318 g/mol. The number of carbonyl (C=O) groups excluding carboxylic acids is 1. The topological polar surface area (TPSA) is 50.8 Å². The van der Waals surface area contributed by atoms with E-state index in [0.29, 0.717) is 23.6 Å². The van der Waals surface area contributed by atoms with Crippen LogP contribution in [-0.2, 0) is 4.79 Å². The molecule has 1 amide bonds. The number of methoxy groups -OCH3 is 2. The number of ether oxygens (including phenoxy) is 2. The lowest BCUT2D eigenvalue weighted by atomic mass is 10.2. The molecule has 1 fully saturated rings. The molecule has 0 saturated carbocycles. The summed E-state index contributed by atoms with van der Waals surface area (Å²) in [4.78, 5) is 12.0. The summed E-state index contributed by atoms with van der Waals surface area (Å²) < 4.78 is 47.5. The molecule has 1 aromatic carbocycles. The molecule has 5 nitrogen and oxygen atoms in total. The molecule has 0 spiro atoms. The van der Waals surface area contributed by atoms with Crippen LogP contribution < -0.4 is 14.8 Å². The quantitative estimate of drug-likeness (QED) is 0.925. The first-order valence-electron chi connectivity index (χ1n) is 6.69. The Morgan fingerprint density at radius 1 is 1.23 bits per heavy atom. The van der Waals surface area contributed by atoms with Gasteiger partial charge in [-0.2, -0.15) is 13.2 Å². The second kappa shape index (κ2) is 6.33. The normalized spacial score (nSPS) is 18.2. The summed E-state index contributed by atoms with van der Waals surface area (Å²) in [6.45, 7) is 0.0922. The Morgan fingerprint density at radius 3 is 2.32 bits per heavy atom. The molecule has 8 heteroatoms. The number of alkyl halides is 3. The SMILES string of the molecule is COc1cc(N[C@@H]2CCN(C(=O)C(F)(F)F)C2)cc(OC)c1. The first-order chi connectivity index (χ1) is 10.3. The number of hydrogen-bond acceptors (Lipinski definition) is 4. The molecule has 1 heterocycles. The van der Waals surface area contributed by atoms with Gasteiger partial charge in [-0.3, -0.25) is 4.79 Å². The molecular formula is C14H17F3N2O3. The van der Waals surface area contributed by atoms with Gasteiger partial charge in [-0.05, 0) is 6.42 Å². The molecule has 1 atom stereocenters. The number of rotatable bonds is 4. The van der Waals surface area contributed by atoms with Crippen LogP contribution in [0.4, 0.5) is 18.9 Å². The molecule has 1 saturated heterocycles. The van der Waals surface area contributed by atoms with Crippen molar-refractivity contribution in [1.82, 2.24) is 4.90 Å². The average Bonchev–Trinajstić information content (AvgIpc) is 2.93. The van der Waals surface area contributed by atoms with Gasteiger partial charge in [0.05, 0.1) is 14.2 Å². The molecule has 0 radical (unpaired) electrons. The lowest BCUT2D eigenvalue weighted by Crippen LogP contribution is -2.40. The molecule has 22 heavy (non-hydrogen) atoms. The van der Waals surface area contributed by atoms with Gasteiger partial charge in [-0.1, -0.05) is 0 Å². The van der Waals surface area contributed by atoms with Gasteiger partial charge in [0.1, 0.15) is 11.5 Å². The summed E-state index contributed by atoms with van der Waals surface area (Å²) in [7, 11) is 3.02. The Bertz CT molecular complexity index is 526. The van der Waals surface area contributed by atoms with Crippen LogP contribution in [-0.4, -0.2) is 50.3 Å². The maximum atomic E-state index is 12.4. The van der Waals surface area contributed by atoms with Crippen molar-refractivity contribution < 1.29 is 27.4 Å². The predicted octanol–water partition coefficient (Wildman–Crippen LogP) is 2.28. The van der Waals surface area contributed by atoms with Crippen molar-refractivity contribution >= 4 is 11.6 Å². The summed E-state index contributed by atoms with van der Waals surface area (Å²) in [5.74, 6) is -0.647. The van der Waals surface area contributed by atoms with Crippen LogP contribution in [0.25, 0.3) is 0 Å². The van der Waals surface area contributed by atoms with E-state index in [1.165, 1.54) is 14.2 Å². The number of amides is 1. The van der Waals surface area contributed by atoms with Crippen LogP contribution in [0.15, 0.2) is 18.2 Å². The van der Waals surface area contributed by atoms with Crippen LogP contribution in [0, 0.1) is 0 Å². The van der Waals surface area contributed by atoms with Crippen molar-refractivity contribution in [2.45, 2.75) is 18.6 Å². The summed E-state index contributed by atoms with van der Waals surface area (Å²) in [6.07, 6.45) is -4.38. The Balaban J connectivity index is 2.02. The van der Waals surface area contributed by atoms with Gasteiger partial charge in [-0.25, -0.2) is 0 Å². The van der Waals surface area contributed by atoms with Crippen LogP contribution in [0.2, 0.25) is 0 Å². The van der Waals surface area contributed by atoms with E-state index in [1.54, 1.807) is 18.2 Å². The Kier molecular flexibility index (Phi) is 4.68. The summed E-state index contributed by atoms with van der Waals surface area (Å²) in [5, 5.41) is 3.11. The predicted molar refractivity (Wildman–Crippen MR) is 74.2 cm³/mol. The maximum Gasteiger partial charge on any atom is 0.471 e. The molecule has 1 aliphatic heterocycles. The van der Waals surface area contributed by atoms with Gasteiger partial charge in [-0.15, -0.1) is 0 Å². The van der Waals surface area contributed by atoms with E-state index in [2.05, 4.69) is 5.32 Å². The number of likely N-dealkylation sites (tertiary alicyclic amines) is 1. The lowest BCUT2D eigenvalue weighted by molar-refractivity contribution is -0.184. The van der Waals surface area contributed by atoms with Crippen LogP contribution in [0.3, 0.4) is 0 Å². The molecule has 0 aliphatic carbocycles. The van der Waals surface area contributed by atoms with Crippen molar-refractivity contribution in [3.8, 4) is 11.5 Å². The highest BCUT2D eigenvalue weighted by atomic mass is 19.4. The molecule has 1 aliphatic rings. The van der Waals surface area contributed by atoms with Crippen molar-refractivity contribution in [3.63, 3.8) is 0 Å². The van der Waals surface area contributed by atoms with Crippen molar-refractivity contribution in [1.29, 1.82) is 0 Å². The third-order valence-electron chi connectivity index (χ3n) is 3.44. The molecule has 1 aromatic rings. The summed E-state index contributed by atoms with van der Waals surface area (Å²) in [6, 6.07) is 4.88. The standard InChI is InChI=1S/C14H17F3N2O3/c1-21-11-5-10(6-12(7-11)22-2)18-9-3-4-19(8-9)13(20)14(15,16)17/h5-7,9,18H,3-4,8H2,1-2H3/t9-/m1/s1. The van der Waals surface area contributed by atoms with Gasteiger partial charge < -0.3 is 19.7 Å². The monoisotopic (exact) mass is 318 g/mol. The number of nitrogens with zero attached hydrogens (tertiary/aromatic N) is 1. The van der Waals surface area contributed by atoms with Crippen LogP contribution in [0.1, 0.15) is 6.42 Å². The fraction of sp³-hybridized carbons (Fsp3) is 0.500. The van der Waals surface area contributed by atoms with Crippen molar-refractivity contribution in [2.24, 2.45) is 0 Å². The van der Waals surface area contributed by atoms with Crippen LogP contribution >= 0.6 is 0 Å². The number of benzene rings is 1. The van der Waals surface area contributed by atoms with Gasteiger partial charge >= 0.3 is 12.1 Å². The highest BCUT2D eigenvalue weighted by Crippen LogP contribution is 2.28. The van der Waals surface area contributed by atoms with Crippen LogP contribution in [0.5, 0.6) is 11.5 Å². The summed E-state index contributed by atoms with van der Waals surface area (Å²) in [5.41, 5.74) is 0.669. The molecule has 0 aromatic heterocycles. The first-order valence-corrected chi connectivity index (χ1v) is 6.69. The third kappa shape index (κ3) is 3.75. The minimum absolute atomic E-state index is 0.0118. The molecule has 0 unspecified atom stereocenters.